The fourth-order valence-electron chi connectivity index (χ4n) is 5.88. The highest BCUT2D eigenvalue weighted by molar-refractivity contribution is 6.04. The molecule has 6 heteroatoms. The van der Waals surface area contributed by atoms with Crippen molar-refractivity contribution in [2.24, 2.45) is 22.7 Å². The van der Waals surface area contributed by atoms with Gasteiger partial charge in [0.2, 0.25) is 0 Å². The van der Waals surface area contributed by atoms with Gasteiger partial charge in [0.15, 0.2) is 0 Å². The topological polar surface area (TPSA) is 86.7 Å². The number of rotatable bonds is 12. The summed E-state index contributed by atoms with van der Waals surface area (Å²) in [6, 6.07) is 19.6. The second kappa shape index (κ2) is 16.0. The molecule has 246 valence electrons. The molecule has 0 aliphatic heterocycles. The Kier molecular flexibility index (Phi) is 12.6. The van der Waals surface area contributed by atoms with Gasteiger partial charge in [-0.2, -0.15) is 0 Å². The van der Waals surface area contributed by atoms with Crippen LogP contribution in [-0.4, -0.2) is 23.9 Å². The summed E-state index contributed by atoms with van der Waals surface area (Å²) < 4.78 is 10.1. The summed E-state index contributed by atoms with van der Waals surface area (Å²) in [4.78, 5) is 50.3. The normalized spacial score (nSPS) is 13.0. The van der Waals surface area contributed by atoms with E-state index in [9.17, 15) is 19.2 Å². The van der Waals surface area contributed by atoms with Crippen LogP contribution in [0.2, 0.25) is 0 Å². The number of esters is 4. The van der Waals surface area contributed by atoms with Crippen molar-refractivity contribution in [1.29, 1.82) is 0 Å². The van der Waals surface area contributed by atoms with E-state index in [0.29, 0.717) is 22.7 Å². The van der Waals surface area contributed by atoms with Crippen LogP contribution in [0.4, 0.5) is 0 Å². The van der Waals surface area contributed by atoms with Crippen molar-refractivity contribution >= 4 is 23.9 Å². The van der Waals surface area contributed by atoms with E-state index in [1.807, 2.05) is 24.3 Å². The van der Waals surface area contributed by atoms with Gasteiger partial charge in [-0.3, -0.25) is 0 Å². The lowest BCUT2D eigenvalue weighted by Crippen LogP contribution is -2.15. The Balaban J connectivity index is 1.48. The average Bonchev–Trinajstić information content (AvgIpc) is 2.97. The molecule has 3 aromatic carbocycles. The van der Waals surface area contributed by atoms with Gasteiger partial charge in [0, 0.05) is 0 Å². The molecule has 2 atom stereocenters. The highest BCUT2D eigenvalue weighted by atomic mass is 16.6. The van der Waals surface area contributed by atoms with Gasteiger partial charge in [-0.25, -0.2) is 19.2 Å². The van der Waals surface area contributed by atoms with Crippen LogP contribution in [0.1, 0.15) is 134 Å². The van der Waals surface area contributed by atoms with Crippen molar-refractivity contribution < 1.29 is 28.7 Å². The molecule has 3 aromatic rings. The molecule has 0 radical (unpaired) electrons. The molecule has 0 saturated carbocycles. The average molecular weight is 627 g/mol. The molecule has 0 amide bonds. The number of benzene rings is 3. The van der Waals surface area contributed by atoms with Crippen LogP contribution in [0, 0.1) is 22.7 Å². The Bertz CT molecular complexity index is 1350. The lowest BCUT2D eigenvalue weighted by atomic mass is 9.83. The number of ether oxygens (including phenoxy) is 2. The van der Waals surface area contributed by atoms with Crippen LogP contribution in [-0.2, 0) is 22.3 Å². The molecular formula is C40H50O6. The Hall–Kier alpha value is -4.06. The molecule has 0 bridgehead atoms. The van der Waals surface area contributed by atoms with Crippen LogP contribution in [0.25, 0.3) is 0 Å². The molecule has 0 saturated heterocycles. The molecule has 3 rings (SSSR count). The van der Waals surface area contributed by atoms with Gasteiger partial charge in [-0.1, -0.05) is 79.7 Å². The lowest BCUT2D eigenvalue weighted by Gasteiger charge is -2.23. The van der Waals surface area contributed by atoms with E-state index < -0.39 is 23.9 Å². The van der Waals surface area contributed by atoms with Crippen LogP contribution in [0.3, 0.4) is 0 Å². The zero-order chi connectivity index (χ0) is 34.1. The zero-order valence-electron chi connectivity index (χ0n) is 28.8. The minimum absolute atomic E-state index is 0.0908. The minimum Gasteiger partial charge on any atom is -0.386 e. The van der Waals surface area contributed by atoms with Crippen LogP contribution in [0.15, 0.2) is 72.8 Å². The van der Waals surface area contributed by atoms with Crippen molar-refractivity contribution in [2.45, 2.75) is 93.9 Å². The van der Waals surface area contributed by atoms with E-state index in [4.69, 9.17) is 9.47 Å². The van der Waals surface area contributed by atoms with Gasteiger partial charge < -0.3 is 9.47 Å². The van der Waals surface area contributed by atoms with Crippen molar-refractivity contribution in [2.75, 3.05) is 0 Å². The number of aryl methyl sites for hydroxylation is 2. The van der Waals surface area contributed by atoms with E-state index in [-0.39, 0.29) is 22.3 Å². The first-order chi connectivity index (χ1) is 21.5. The molecule has 0 N–H and O–H groups in total. The van der Waals surface area contributed by atoms with E-state index in [1.165, 1.54) is 24.3 Å². The Morgan fingerprint density at radius 2 is 0.717 bits per heavy atom. The third-order valence-corrected chi connectivity index (χ3v) is 7.88. The summed E-state index contributed by atoms with van der Waals surface area (Å²) in [6.07, 6.45) is 6.23. The van der Waals surface area contributed by atoms with Crippen LogP contribution < -0.4 is 0 Å². The SMILES string of the molecule is CC(CCc1ccc(C(=O)OC(=O)c2ccc(C(=O)OC(=O)c3ccc(CCC(C)CC(C)(C)C)cc3)cc2)cc1)CC(C)(C)C. The Labute approximate surface area is 274 Å². The van der Waals surface area contributed by atoms with Gasteiger partial charge in [0.05, 0.1) is 22.3 Å². The van der Waals surface area contributed by atoms with Gasteiger partial charge >= 0.3 is 23.9 Å². The molecule has 0 heterocycles. The maximum atomic E-state index is 12.6. The predicted molar refractivity (Wildman–Crippen MR) is 182 cm³/mol. The first-order valence-corrected chi connectivity index (χ1v) is 16.3. The first-order valence-electron chi connectivity index (χ1n) is 16.3. The van der Waals surface area contributed by atoms with E-state index in [1.54, 1.807) is 24.3 Å². The second-order valence-corrected chi connectivity index (χ2v) is 15.1. The van der Waals surface area contributed by atoms with Crippen LogP contribution >= 0.6 is 0 Å². The summed E-state index contributed by atoms with van der Waals surface area (Å²) in [5, 5.41) is 0. The maximum absolute atomic E-state index is 12.6. The molecule has 0 aromatic heterocycles. The number of carbonyl (C=O) groups excluding carboxylic acids is 4. The molecule has 2 unspecified atom stereocenters. The van der Waals surface area contributed by atoms with Gasteiger partial charge in [0.1, 0.15) is 0 Å². The van der Waals surface area contributed by atoms with Gasteiger partial charge in [-0.05, 0) is 121 Å². The number of carbonyl (C=O) groups is 4. The van der Waals surface area contributed by atoms with Crippen molar-refractivity contribution in [3.05, 3.63) is 106 Å². The summed E-state index contributed by atoms with van der Waals surface area (Å²) in [6.45, 7) is 18.0. The quantitative estimate of drug-likeness (QED) is 0.147. The summed E-state index contributed by atoms with van der Waals surface area (Å²) in [5.41, 5.74) is 3.57. The lowest BCUT2D eigenvalue weighted by molar-refractivity contribution is 0.0376. The molecule has 0 spiro atoms. The molecule has 0 aliphatic rings. The molecule has 0 aliphatic carbocycles. The smallest absolute Gasteiger partial charge is 0.346 e. The zero-order valence-corrected chi connectivity index (χ0v) is 28.8. The first kappa shape index (κ1) is 36.4. The third-order valence-electron chi connectivity index (χ3n) is 7.88. The minimum atomic E-state index is -0.839. The van der Waals surface area contributed by atoms with Crippen molar-refractivity contribution in [3.8, 4) is 0 Å². The molecule has 0 fully saturated rings. The second-order valence-electron chi connectivity index (χ2n) is 15.1. The maximum Gasteiger partial charge on any atom is 0.346 e. The highest BCUT2D eigenvalue weighted by Crippen LogP contribution is 2.28. The highest BCUT2D eigenvalue weighted by Gasteiger charge is 2.20. The van der Waals surface area contributed by atoms with E-state index in [2.05, 4.69) is 55.4 Å². The molecule has 6 nitrogen and oxygen atoms in total. The summed E-state index contributed by atoms with van der Waals surface area (Å²) in [5.74, 6) is -2.00. The van der Waals surface area contributed by atoms with E-state index in [0.717, 1.165) is 49.7 Å². The standard InChI is InChI=1S/C40H50O6/c1-27(25-39(3,4)5)9-11-29-13-17-31(18-14-29)35(41)45-37(43)33-21-23-34(24-22-33)38(44)46-36(42)32-19-15-30(16-20-32)12-10-28(2)26-40(6,7)8/h13-24,27-28H,9-12,25-26H2,1-8H3. The number of hydrogen-bond acceptors (Lipinski definition) is 6. The van der Waals surface area contributed by atoms with Crippen molar-refractivity contribution in [3.63, 3.8) is 0 Å². The largest absolute Gasteiger partial charge is 0.386 e. The van der Waals surface area contributed by atoms with E-state index >= 15 is 0 Å². The predicted octanol–water partition coefficient (Wildman–Crippen LogP) is 9.69. The van der Waals surface area contributed by atoms with Crippen molar-refractivity contribution in [1.82, 2.24) is 0 Å². The fraction of sp³-hybridized carbons (Fsp3) is 0.450. The Morgan fingerprint density at radius 3 is 0.957 bits per heavy atom. The monoisotopic (exact) mass is 626 g/mol. The molecule has 46 heavy (non-hydrogen) atoms. The summed E-state index contributed by atoms with van der Waals surface area (Å²) in [7, 11) is 0. The van der Waals surface area contributed by atoms with Gasteiger partial charge in [0.25, 0.3) is 0 Å². The Morgan fingerprint density at radius 1 is 0.478 bits per heavy atom. The summed E-state index contributed by atoms with van der Waals surface area (Å²) >= 11 is 0. The molecular weight excluding hydrogens is 576 g/mol. The fourth-order valence-corrected chi connectivity index (χ4v) is 5.88. The third kappa shape index (κ3) is 12.4. The number of hydrogen-bond donors (Lipinski definition) is 0. The van der Waals surface area contributed by atoms with Crippen LogP contribution in [0.5, 0.6) is 0 Å². The van der Waals surface area contributed by atoms with Gasteiger partial charge in [-0.15, -0.1) is 0 Å².